The minimum Gasteiger partial charge on any atom is -0.265 e. The third-order valence-electron chi connectivity index (χ3n) is 3.11. The molecule has 1 saturated carbocycles. The van der Waals surface area contributed by atoms with Crippen LogP contribution in [0.1, 0.15) is 38.1 Å². The lowest BCUT2D eigenvalue weighted by atomic mass is 9.84. The van der Waals surface area contributed by atoms with Gasteiger partial charge in [0.05, 0.1) is 6.07 Å². The molecule has 2 rings (SSSR count). The van der Waals surface area contributed by atoms with Gasteiger partial charge in [-0.15, -0.1) is 0 Å². The molecule has 1 heterocycles. The minimum absolute atomic E-state index is 0.285. The highest BCUT2D eigenvalue weighted by Gasteiger charge is 2.25. The van der Waals surface area contributed by atoms with Crippen LogP contribution < -0.4 is 5.69 Å². The van der Waals surface area contributed by atoms with Gasteiger partial charge in [-0.25, -0.2) is 9.89 Å². The van der Waals surface area contributed by atoms with Crippen LogP contribution in [0.2, 0.25) is 0 Å². The van der Waals surface area contributed by atoms with Gasteiger partial charge in [0.15, 0.2) is 0 Å². The monoisotopic (exact) mass is 206 g/mol. The Balaban J connectivity index is 2.21. The molecule has 0 radical (unpaired) electrons. The van der Waals surface area contributed by atoms with Gasteiger partial charge in [0, 0.05) is 0 Å². The standard InChI is InChI=1S/C10H14N4O/c11-6-9(8-4-2-1-3-5-8)14-7-12-13-10(14)15/h7-9H,1-5H2,(H,13,15). The highest BCUT2D eigenvalue weighted by atomic mass is 16.1. The van der Waals surface area contributed by atoms with Gasteiger partial charge in [0.25, 0.3) is 0 Å². The number of nitrogens with one attached hydrogen (secondary N) is 1. The van der Waals surface area contributed by atoms with E-state index < -0.39 is 0 Å². The Kier molecular flexibility index (Phi) is 2.86. The van der Waals surface area contributed by atoms with Crippen molar-refractivity contribution < 1.29 is 0 Å². The van der Waals surface area contributed by atoms with E-state index in [9.17, 15) is 4.79 Å². The molecule has 1 aromatic heterocycles. The zero-order valence-corrected chi connectivity index (χ0v) is 8.52. The van der Waals surface area contributed by atoms with Crippen molar-refractivity contribution in [3.8, 4) is 6.07 Å². The number of aromatic amines is 1. The Labute approximate surface area is 87.7 Å². The second kappa shape index (κ2) is 4.30. The summed E-state index contributed by atoms with van der Waals surface area (Å²) in [5, 5.41) is 15.1. The molecule has 0 aromatic carbocycles. The number of rotatable bonds is 2. The molecule has 1 unspecified atom stereocenters. The first kappa shape index (κ1) is 9.97. The van der Waals surface area contributed by atoms with Crippen molar-refractivity contribution in [3.05, 3.63) is 16.8 Å². The van der Waals surface area contributed by atoms with Crippen LogP contribution in [0.25, 0.3) is 0 Å². The summed E-state index contributed by atoms with van der Waals surface area (Å²) in [6.07, 6.45) is 7.07. The summed E-state index contributed by atoms with van der Waals surface area (Å²) in [4.78, 5) is 11.4. The molecular formula is C10H14N4O. The number of hydrogen-bond acceptors (Lipinski definition) is 3. The van der Waals surface area contributed by atoms with E-state index in [2.05, 4.69) is 16.3 Å². The zero-order chi connectivity index (χ0) is 10.7. The molecule has 1 aliphatic carbocycles. The Hall–Kier alpha value is -1.57. The van der Waals surface area contributed by atoms with E-state index in [1.807, 2.05) is 0 Å². The molecule has 80 valence electrons. The molecule has 1 fully saturated rings. The van der Waals surface area contributed by atoms with E-state index >= 15 is 0 Å². The van der Waals surface area contributed by atoms with Crippen molar-refractivity contribution in [1.82, 2.24) is 14.8 Å². The lowest BCUT2D eigenvalue weighted by Gasteiger charge is -2.25. The molecule has 0 amide bonds. The van der Waals surface area contributed by atoms with Gasteiger partial charge in [-0.2, -0.15) is 10.4 Å². The first-order chi connectivity index (χ1) is 7.33. The summed E-state index contributed by atoms with van der Waals surface area (Å²) >= 11 is 0. The number of H-pyrrole nitrogens is 1. The summed E-state index contributed by atoms with van der Waals surface area (Å²) in [5.74, 6) is 0.305. The second-order valence-corrected chi connectivity index (χ2v) is 4.04. The van der Waals surface area contributed by atoms with E-state index in [0.29, 0.717) is 5.92 Å². The molecule has 0 aliphatic heterocycles. The maximum atomic E-state index is 11.4. The van der Waals surface area contributed by atoms with Crippen molar-refractivity contribution in [2.75, 3.05) is 0 Å². The average molecular weight is 206 g/mol. The van der Waals surface area contributed by atoms with Crippen molar-refractivity contribution in [2.24, 2.45) is 5.92 Å². The van der Waals surface area contributed by atoms with Gasteiger partial charge in [-0.05, 0) is 18.8 Å². The van der Waals surface area contributed by atoms with Gasteiger partial charge in [0.2, 0.25) is 0 Å². The van der Waals surface area contributed by atoms with Gasteiger partial charge < -0.3 is 0 Å². The number of aromatic nitrogens is 3. The minimum atomic E-state index is -0.350. The number of nitriles is 1. The molecule has 1 aliphatic rings. The van der Waals surface area contributed by atoms with Crippen molar-refractivity contribution in [1.29, 1.82) is 5.26 Å². The van der Waals surface area contributed by atoms with Gasteiger partial charge in [0.1, 0.15) is 12.4 Å². The average Bonchev–Trinajstić information content (AvgIpc) is 2.68. The summed E-state index contributed by atoms with van der Waals surface area (Å²) < 4.78 is 1.41. The Morgan fingerprint density at radius 2 is 2.27 bits per heavy atom. The Morgan fingerprint density at radius 3 is 2.80 bits per heavy atom. The molecule has 5 heteroatoms. The van der Waals surface area contributed by atoms with Crippen LogP contribution >= 0.6 is 0 Å². The summed E-state index contributed by atoms with van der Waals surface area (Å²) in [5.41, 5.74) is -0.285. The molecule has 15 heavy (non-hydrogen) atoms. The third kappa shape index (κ3) is 1.94. The largest absolute Gasteiger partial charge is 0.344 e. The van der Waals surface area contributed by atoms with E-state index in [0.717, 1.165) is 25.7 Å². The smallest absolute Gasteiger partial charge is 0.265 e. The van der Waals surface area contributed by atoms with Crippen molar-refractivity contribution in [3.63, 3.8) is 0 Å². The van der Waals surface area contributed by atoms with Gasteiger partial charge in [-0.3, -0.25) is 4.57 Å². The number of nitrogens with zero attached hydrogens (tertiary/aromatic N) is 3. The topological polar surface area (TPSA) is 74.5 Å². The predicted octanol–water partition coefficient (Wildman–Crippen LogP) is 1.22. The maximum absolute atomic E-state index is 11.4. The first-order valence-corrected chi connectivity index (χ1v) is 5.34. The fraction of sp³-hybridized carbons (Fsp3) is 0.700. The quantitative estimate of drug-likeness (QED) is 0.790. The molecule has 1 N–H and O–H groups in total. The van der Waals surface area contributed by atoms with E-state index in [-0.39, 0.29) is 11.7 Å². The van der Waals surface area contributed by atoms with Crippen LogP contribution in [0.4, 0.5) is 0 Å². The number of hydrogen-bond donors (Lipinski definition) is 1. The van der Waals surface area contributed by atoms with Crippen LogP contribution in [0.5, 0.6) is 0 Å². The predicted molar refractivity (Wildman–Crippen MR) is 54.1 cm³/mol. The van der Waals surface area contributed by atoms with Crippen LogP contribution in [0, 0.1) is 17.2 Å². The molecule has 5 nitrogen and oxygen atoms in total. The summed E-state index contributed by atoms with van der Waals surface area (Å²) in [6, 6.07) is 1.87. The van der Waals surface area contributed by atoms with Crippen molar-refractivity contribution >= 4 is 0 Å². The second-order valence-electron chi connectivity index (χ2n) is 4.04. The van der Waals surface area contributed by atoms with E-state index in [1.54, 1.807) is 0 Å². The lowest BCUT2D eigenvalue weighted by molar-refractivity contribution is 0.286. The fourth-order valence-electron chi connectivity index (χ4n) is 2.30. The highest BCUT2D eigenvalue weighted by molar-refractivity contribution is 4.95. The van der Waals surface area contributed by atoms with Crippen LogP contribution in [-0.4, -0.2) is 14.8 Å². The zero-order valence-electron chi connectivity index (χ0n) is 8.52. The van der Waals surface area contributed by atoms with Crippen LogP contribution in [0.15, 0.2) is 11.1 Å². The fourth-order valence-corrected chi connectivity index (χ4v) is 2.30. The van der Waals surface area contributed by atoms with Crippen molar-refractivity contribution in [2.45, 2.75) is 38.1 Å². The van der Waals surface area contributed by atoms with Crippen LogP contribution in [-0.2, 0) is 0 Å². The Bertz CT molecular complexity index is 408. The highest BCUT2D eigenvalue weighted by Crippen LogP contribution is 2.31. The van der Waals surface area contributed by atoms with E-state index in [4.69, 9.17) is 5.26 Å². The molecule has 1 aromatic rings. The molecule has 0 spiro atoms. The molecule has 0 saturated heterocycles. The molecular weight excluding hydrogens is 192 g/mol. The molecule has 1 atom stereocenters. The first-order valence-electron chi connectivity index (χ1n) is 5.34. The Morgan fingerprint density at radius 1 is 1.53 bits per heavy atom. The summed E-state index contributed by atoms with van der Waals surface area (Å²) in [7, 11) is 0. The van der Waals surface area contributed by atoms with Gasteiger partial charge in [-0.1, -0.05) is 19.3 Å². The third-order valence-corrected chi connectivity index (χ3v) is 3.11. The molecule has 0 bridgehead atoms. The van der Waals surface area contributed by atoms with Gasteiger partial charge >= 0.3 is 5.69 Å². The SMILES string of the molecule is N#CC(C1CCCCC1)n1cn[nH]c1=O. The normalized spacial score (nSPS) is 19.7. The lowest BCUT2D eigenvalue weighted by Crippen LogP contribution is -2.27. The maximum Gasteiger partial charge on any atom is 0.344 e. The summed E-state index contributed by atoms with van der Waals surface area (Å²) in [6.45, 7) is 0. The van der Waals surface area contributed by atoms with E-state index in [1.165, 1.54) is 17.3 Å². The van der Waals surface area contributed by atoms with Crippen LogP contribution in [0.3, 0.4) is 0 Å².